The number of carbonyl (C=O) groups excluding carboxylic acids is 1. The molecule has 4 rings (SSSR count). The average Bonchev–Trinajstić information content (AvgIpc) is 3.37. The Morgan fingerprint density at radius 1 is 1.38 bits per heavy atom. The van der Waals surface area contributed by atoms with E-state index in [-0.39, 0.29) is 5.91 Å². The smallest absolute Gasteiger partial charge is 0.261 e. The van der Waals surface area contributed by atoms with Gasteiger partial charge < -0.3 is 9.88 Å². The highest BCUT2D eigenvalue weighted by Gasteiger charge is 2.18. The number of amides is 1. The molecule has 0 atom stereocenters. The zero-order chi connectivity index (χ0) is 20.5. The number of benzene rings is 1. The molecule has 0 unspecified atom stereocenters. The van der Waals surface area contributed by atoms with E-state index in [1.807, 2.05) is 48.7 Å². The maximum absolute atomic E-state index is 12.7. The lowest BCUT2D eigenvalue weighted by atomic mass is 10.3. The molecular formula is C19H19ClN6OS2. The van der Waals surface area contributed by atoms with Crippen molar-refractivity contribution in [3.8, 4) is 5.69 Å². The van der Waals surface area contributed by atoms with Crippen molar-refractivity contribution in [2.45, 2.75) is 26.8 Å². The van der Waals surface area contributed by atoms with Crippen LogP contribution in [-0.2, 0) is 13.0 Å². The van der Waals surface area contributed by atoms with Gasteiger partial charge in [0.05, 0.1) is 21.3 Å². The highest BCUT2D eigenvalue weighted by atomic mass is 35.5. The molecular weight excluding hydrogens is 428 g/mol. The summed E-state index contributed by atoms with van der Waals surface area (Å²) >= 11 is 12.9. The predicted octanol–water partition coefficient (Wildman–Crippen LogP) is 4.30. The van der Waals surface area contributed by atoms with Gasteiger partial charge in [-0.2, -0.15) is 10.2 Å². The first kappa shape index (κ1) is 19.8. The number of aromatic nitrogens is 5. The van der Waals surface area contributed by atoms with Crippen molar-refractivity contribution >= 4 is 51.3 Å². The lowest BCUT2D eigenvalue weighted by molar-refractivity contribution is 0.0958. The number of H-pyrrole nitrogens is 1. The van der Waals surface area contributed by atoms with Gasteiger partial charge in [-0.1, -0.05) is 23.7 Å². The molecule has 0 spiro atoms. The van der Waals surface area contributed by atoms with Gasteiger partial charge in [0.1, 0.15) is 10.7 Å². The Morgan fingerprint density at radius 3 is 2.93 bits per heavy atom. The SMILES string of the molecule is CCn1c(CCNC(=O)c2cc3c(C)nn(-c4ccccc4Cl)c3s2)n[nH]c1=S. The van der Waals surface area contributed by atoms with Gasteiger partial charge in [0, 0.05) is 24.9 Å². The Kier molecular flexibility index (Phi) is 5.53. The highest BCUT2D eigenvalue weighted by molar-refractivity contribution is 7.71. The first-order chi connectivity index (χ1) is 14.0. The Balaban J connectivity index is 1.54. The van der Waals surface area contributed by atoms with E-state index in [4.69, 9.17) is 23.8 Å². The van der Waals surface area contributed by atoms with Crippen LogP contribution in [0.4, 0.5) is 0 Å². The van der Waals surface area contributed by atoms with Crippen LogP contribution in [0.5, 0.6) is 0 Å². The van der Waals surface area contributed by atoms with Gasteiger partial charge >= 0.3 is 0 Å². The summed E-state index contributed by atoms with van der Waals surface area (Å²) < 4.78 is 4.31. The van der Waals surface area contributed by atoms with E-state index in [0.29, 0.717) is 27.6 Å². The number of nitrogens with zero attached hydrogens (tertiary/aromatic N) is 4. The predicted molar refractivity (Wildman–Crippen MR) is 118 cm³/mol. The molecule has 10 heteroatoms. The number of nitrogens with one attached hydrogen (secondary N) is 2. The molecule has 3 aromatic heterocycles. The van der Waals surface area contributed by atoms with E-state index in [1.54, 1.807) is 4.68 Å². The number of thiophene rings is 1. The fraction of sp³-hybridized carbons (Fsp3) is 0.263. The molecule has 0 aliphatic heterocycles. The lowest BCUT2D eigenvalue weighted by Gasteiger charge is -2.05. The maximum atomic E-state index is 12.7. The third-order valence-corrected chi connectivity index (χ3v) is 6.38. The van der Waals surface area contributed by atoms with Crippen LogP contribution in [0.3, 0.4) is 0 Å². The van der Waals surface area contributed by atoms with Gasteiger partial charge in [0.15, 0.2) is 4.77 Å². The summed E-state index contributed by atoms with van der Waals surface area (Å²) in [5.74, 6) is 0.716. The standard InChI is InChI=1S/C19H19ClN6OS2/c1-3-25-16(22-23-19(25)28)8-9-21-17(27)15-10-12-11(2)24-26(18(12)29-15)14-7-5-4-6-13(14)20/h4-7,10H,3,8-9H2,1-2H3,(H,21,27)(H,23,28). The second-order valence-electron chi connectivity index (χ2n) is 6.47. The number of hydrogen-bond acceptors (Lipinski definition) is 5. The van der Waals surface area contributed by atoms with Crippen molar-refractivity contribution in [1.29, 1.82) is 0 Å². The number of rotatable bonds is 6. The summed E-state index contributed by atoms with van der Waals surface area (Å²) in [5, 5.41) is 16.1. The zero-order valence-electron chi connectivity index (χ0n) is 15.9. The second kappa shape index (κ2) is 8.10. The molecule has 0 bridgehead atoms. The number of fused-ring (bicyclic) bond motifs is 1. The molecule has 0 radical (unpaired) electrons. The van der Waals surface area contributed by atoms with Gasteiger partial charge in [0.2, 0.25) is 0 Å². The summed E-state index contributed by atoms with van der Waals surface area (Å²) in [4.78, 5) is 14.2. The van der Waals surface area contributed by atoms with Crippen LogP contribution in [0.1, 0.15) is 28.1 Å². The highest BCUT2D eigenvalue weighted by Crippen LogP contribution is 2.32. The third kappa shape index (κ3) is 3.73. The first-order valence-electron chi connectivity index (χ1n) is 9.16. The van der Waals surface area contributed by atoms with Gasteiger partial charge in [-0.25, -0.2) is 4.68 Å². The summed E-state index contributed by atoms with van der Waals surface area (Å²) in [7, 11) is 0. The molecule has 0 aliphatic carbocycles. The van der Waals surface area contributed by atoms with E-state index in [2.05, 4.69) is 20.6 Å². The molecule has 2 N–H and O–H groups in total. The number of carbonyl (C=O) groups is 1. The van der Waals surface area contributed by atoms with Crippen LogP contribution in [0, 0.1) is 11.7 Å². The Morgan fingerprint density at radius 2 is 2.17 bits per heavy atom. The Bertz CT molecular complexity index is 1250. The normalized spacial score (nSPS) is 11.3. The van der Waals surface area contributed by atoms with Crippen molar-refractivity contribution in [3.05, 3.63) is 56.5 Å². The molecule has 7 nitrogen and oxygen atoms in total. The summed E-state index contributed by atoms with van der Waals surface area (Å²) in [6.07, 6.45) is 0.601. The van der Waals surface area contributed by atoms with Crippen molar-refractivity contribution in [3.63, 3.8) is 0 Å². The van der Waals surface area contributed by atoms with Crippen molar-refractivity contribution in [2.24, 2.45) is 0 Å². The molecule has 0 saturated carbocycles. The molecule has 4 aromatic rings. The zero-order valence-corrected chi connectivity index (χ0v) is 18.3. The first-order valence-corrected chi connectivity index (χ1v) is 10.8. The Hall–Kier alpha value is -2.49. The molecule has 150 valence electrons. The summed E-state index contributed by atoms with van der Waals surface area (Å²) in [5.41, 5.74) is 1.65. The van der Waals surface area contributed by atoms with Crippen LogP contribution >= 0.6 is 35.2 Å². The molecule has 0 saturated heterocycles. The van der Waals surface area contributed by atoms with Crippen LogP contribution in [-0.4, -0.2) is 37.0 Å². The van der Waals surface area contributed by atoms with Crippen LogP contribution in [0.25, 0.3) is 15.9 Å². The van der Waals surface area contributed by atoms with E-state index in [0.717, 1.165) is 34.0 Å². The largest absolute Gasteiger partial charge is 0.351 e. The van der Waals surface area contributed by atoms with Crippen LogP contribution in [0.15, 0.2) is 30.3 Å². The Labute approximate surface area is 181 Å². The summed E-state index contributed by atoms with van der Waals surface area (Å²) in [6.45, 7) is 5.15. The number of hydrogen-bond donors (Lipinski definition) is 2. The van der Waals surface area contributed by atoms with Crippen LogP contribution in [0.2, 0.25) is 5.02 Å². The molecule has 1 amide bonds. The van der Waals surface area contributed by atoms with Gasteiger partial charge in [-0.15, -0.1) is 11.3 Å². The third-order valence-electron chi connectivity index (χ3n) is 4.64. The molecule has 3 heterocycles. The van der Waals surface area contributed by atoms with Crippen LogP contribution < -0.4 is 5.32 Å². The van der Waals surface area contributed by atoms with Gasteiger partial charge in [-0.3, -0.25) is 9.89 Å². The van der Waals surface area contributed by atoms with Crippen molar-refractivity contribution in [2.75, 3.05) is 6.54 Å². The fourth-order valence-electron chi connectivity index (χ4n) is 3.19. The maximum Gasteiger partial charge on any atom is 0.261 e. The second-order valence-corrected chi connectivity index (χ2v) is 8.30. The fourth-order valence-corrected chi connectivity index (χ4v) is 4.78. The minimum Gasteiger partial charge on any atom is -0.351 e. The minimum atomic E-state index is -0.117. The minimum absolute atomic E-state index is 0.117. The van der Waals surface area contributed by atoms with E-state index >= 15 is 0 Å². The molecule has 29 heavy (non-hydrogen) atoms. The van der Waals surface area contributed by atoms with Crippen molar-refractivity contribution < 1.29 is 4.79 Å². The van der Waals surface area contributed by atoms with E-state index in [9.17, 15) is 4.79 Å². The topological polar surface area (TPSA) is 80.5 Å². The van der Waals surface area contributed by atoms with E-state index in [1.165, 1.54) is 11.3 Å². The number of aryl methyl sites for hydroxylation is 1. The van der Waals surface area contributed by atoms with Crippen molar-refractivity contribution in [1.82, 2.24) is 29.9 Å². The number of aromatic amines is 1. The monoisotopic (exact) mass is 446 g/mol. The molecule has 0 fully saturated rings. The molecule has 1 aromatic carbocycles. The number of halogens is 1. The quantitative estimate of drug-likeness (QED) is 0.433. The lowest BCUT2D eigenvalue weighted by Crippen LogP contribution is -2.25. The molecule has 0 aliphatic rings. The average molecular weight is 447 g/mol. The van der Waals surface area contributed by atoms with E-state index < -0.39 is 0 Å². The summed E-state index contributed by atoms with van der Waals surface area (Å²) in [6, 6.07) is 9.41. The number of para-hydroxylation sites is 1. The van der Waals surface area contributed by atoms with Gasteiger partial charge in [0.25, 0.3) is 5.91 Å². The van der Waals surface area contributed by atoms with Gasteiger partial charge in [-0.05, 0) is 44.3 Å².